The molecule has 0 bridgehead atoms. The third kappa shape index (κ3) is 10.9. The second-order valence-corrected chi connectivity index (χ2v) is 9.74. The number of nitrogens with one attached hydrogen (secondary N) is 3. The molecule has 0 fully saturated rings. The van der Waals surface area contributed by atoms with Gasteiger partial charge in [0.15, 0.2) is 0 Å². The molecule has 10 heteroatoms. The van der Waals surface area contributed by atoms with Crippen molar-refractivity contribution in [3.05, 3.63) is 35.9 Å². The zero-order chi connectivity index (χ0) is 26.7. The summed E-state index contributed by atoms with van der Waals surface area (Å²) < 4.78 is 0. The van der Waals surface area contributed by atoms with Gasteiger partial charge in [0, 0.05) is 6.42 Å². The van der Waals surface area contributed by atoms with Gasteiger partial charge in [-0.2, -0.15) is 0 Å². The zero-order valence-electron chi connectivity index (χ0n) is 21.2. The van der Waals surface area contributed by atoms with E-state index in [-0.39, 0.29) is 24.7 Å². The van der Waals surface area contributed by atoms with Crippen LogP contribution in [-0.4, -0.2) is 64.2 Å². The predicted molar refractivity (Wildman–Crippen MR) is 132 cm³/mol. The molecule has 0 aliphatic heterocycles. The summed E-state index contributed by atoms with van der Waals surface area (Å²) in [4.78, 5) is 50.1. The molecule has 196 valence electrons. The first-order chi connectivity index (χ1) is 16.3. The molecule has 1 rings (SSSR count). The Hall–Kier alpha value is -2.98. The molecule has 10 nitrogen and oxygen atoms in total. The van der Waals surface area contributed by atoms with Crippen molar-refractivity contribution in [2.24, 2.45) is 17.6 Å². The Morgan fingerprint density at radius 1 is 0.800 bits per heavy atom. The molecule has 3 amide bonds. The summed E-state index contributed by atoms with van der Waals surface area (Å²) in [5.41, 5.74) is 6.75. The Kier molecular flexibility index (Phi) is 12.4. The van der Waals surface area contributed by atoms with Crippen molar-refractivity contribution in [3.63, 3.8) is 0 Å². The van der Waals surface area contributed by atoms with Crippen LogP contribution in [0.15, 0.2) is 30.3 Å². The van der Waals surface area contributed by atoms with Gasteiger partial charge >= 0.3 is 5.97 Å². The molecule has 1 aromatic rings. The van der Waals surface area contributed by atoms with Crippen LogP contribution >= 0.6 is 0 Å². The number of nitrogens with two attached hydrogens (primary N) is 1. The monoisotopic (exact) mass is 492 g/mol. The van der Waals surface area contributed by atoms with E-state index >= 15 is 0 Å². The topological polar surface area (TPSA) is 171 Å². The fraction of sp³-hybridized carbons (Fsp3) is 0.600. The lowest BCUT2D eigenvalue weighted by Gasteiger charge is -2.27. The van der Waals surface area contributed by atoms with Gasteiger partial charge in [-0.3, -0.25) is 14.4 Å². The van der Waals surface area contributed by atoms with E-state index in [2.05, 4.69) is 16.0 Å². The number of amides is 3. The van der Waals surface area contributed by atoms with Crippen LogP contribution in [0, 0.1) is 11.8 Å². The Labute approximate surface area is 207 Å². The second kappa shape index (κ2) is 14.4. The number of carboxylic acids is 1. The molecule has 0 aliphatic carbocycles. The lowest BCUT2D eigenvalue weighted by atomic mass is 10.0. The Balaban J connectivity index is 3.06. The standard InChI is InChI=1S/C25H40N4O6/c1-14(2)11-18(26)22(31)27-19(13-17-9-7-6-8-10-17)23(32)29-21(16(5)30)24(33)28-20(25(34)35)12-15(3)4/h6-10,14-16,18-21,30H,11-13,26H2,1-5H3,(H,27,31)(H,28,33)(H,29,32)(H,34,35). The van der Waals surface area contributed by atoms with Crippen molar-refractivity contribution in [3.8, 4) is 0 Å². The number of aliphatic hydroxyl groups is 1. The minimum absolute atomic E-state index is 0.00324. The number of carbonyl (C=O) groups excluding carboxylic acids is 3. The van der Waals surface area contributed by atoms with Gasteiger partial charge in [0.1, 0.15) is 18.1 Å². The van der Waals surface area contributed by atoms with Gasteiger partial charge < -0.3 is 31.9 Å². The third-order valence-electron chi connectivity index (χ3n) is 5.36. The van der Waals surface area contributed by atoms with Crippen LogP contribution in [0.25, 0.3) is 0 Å². The molecule has 0 radical (unpaired) electrons. The van der Waals surface area contributed by atoms with Gasteiger partial charge in [0.25, 0.3) is 0 Å². The molecule has 5 unspecified atom stereocenters. The first kappa shape index (κ1) is 30.1. The molecule has 1 aromatic carbocycles. The maximum absolute atomic E-state index is 13.2. The van der Waals surface area contributed by atoms with E-state index in [0.29, 0.717) is 6.42 Å². The number of aliphatic carboxylic acids is 1. The number of benzene rings is 1. The Morgan fingerprint density at radius 2 is 1.34 bits per heavy atom. The largest absolute Gasteiger partial charge is 0.480 e. The van der Waals surface area contributed by atoms with E-state index in [1.54, 1.807) is 24.3 Å². The average molecular weight is 493 g/mol. The first-order valence-electron chi connectivity index (χ1n) is 11.9. The van der Waals surface area contributed by atoms with Crippen molar-refractivity contribution in [2.45, 2.75) is 84.2 Å². The van der Waals surface area contributed by atoms with E-state index < -0.39 is 54.0 Å². The summed E-state index contributed by atoms with van der Waals surface area (Å²) >= 11 is 0. The minimum Gasteiger partial charge on any atom is -0.480 e. The van der Waals surface area contributed by atoms with E-state index in [1.165, 1.54) is 6.92 Å². The van der Waals surface area contributed by atoms with Crippen molar-refractivity contribution in [1.82, 2.24) is 16.0 Å². The summed E-state index contributed by atoms with van der Waals surface area (Å²) in [5, 5.41) is 27.1. The predicted octanol–water partition coefficient (Wildman–Crippen LogP) is 0.568. The van der Waals surface area contributed by atoms with E-state index in [4.69, 9.17) is 5.73 Å². The number of rotatable bonds is 14. The fourth-order valence-corrected chi connectivity index (χ4v) is 3.57. The minimum atomic E-state index is -1.42. The van der Waals surface area contributed by atoms with E-state index in [9.17, 15) is 29.4 Å². The molecule has 0 aliphatic rings. The van der Waals surface area contributed by atoms with Crippen molar-refractivity contribution in [1.29, 1.82) is 0 Å². The first-order valence-corrected chi connectivity index (χ1v) is 11.9. The van der Waals surface area contributed by atoms with Gasteiger partial charge in [-0.25, -0.2) is 4.79 Å². The highest BCUT2D eigenvalue weighted by Crippen LogP contribution is 2.09. The van der Waals surface area contributed by atoms with Crippen LogP contribution in [0.5, 0.6) is 0 Å². The van der Waals surface area contributed by atoms with Crippen molar-refractivity contribution < 1.29 is 29.4 Å². The third-order valence-corrected chi connectivity index (χ3v) is 5.36. The van der Waals surface area contributed by atoms with Crippen LogP contribution in [0.1, 0.15) is 53.0 Å². The molecule has 0 aromatic heterocycles. The molecule has 35 heavy (non-hydrogen) atoms. The summed E-state index contributed by atoms with van der Waals surface area (Å²) in [6.07, 6.45) is -0.575. The Morgan fingerprint density at radius 3 is 1.83 bits per heavy atom. The van der Waals surface area contributed by atoms with Crippen LogP contribution in [0.4, 0.5) is 0 Å². The molecular weight excluding hydrogens is 452 g/mol. The highest BCUT2D eigenvalue weighted by atomic mass is 16.4. The fourth-order valence-electron chi connectivity index (χ4n) is 3.57. The van der Waals surface area contributed by atoms with Crippen LogP contribution < -0.4 is 21.7 Å². The van der Waals surface area contributed by atoms with Crippen molar-refractivity contribution >= 4 is 23.7 Å². The highest BCUT2D eigenvalue weighted by Gasteiger charge is 2.33. The maximum atomic E-state index is 13.2. The van der Waals surface area contributed by atoms with Crippen molar-refractivity contribution in [2.75, 3.05) is 0 Å². The average Bonchev–Trinajstić information content (AvgIpc) is 2.75. The highest BCUT2D eigenvalue weighted by molar-refractivity contribution is 5.94. The second-order valence-electron chi connectivity index (χ2n) is 9.74. The molecule has 7 N–H and O–H groups in total. The smallest absolute Gasteiger partial charge is 0.326 e. The molecule has 5 atom stereocenters. The number of hydrogen-bond donors (Lipinski definition) is 6. The molecule has 0 saturated heterocycles. The molecule has 0 spiro atoms. The Bertz CT molecular complexity index is 844. The molecular formula is C25H40N4O6. The van der Waals surface area contributed by atoms with Gasteiger partial charge in [-0.15, -0.1) is 0 Å². The summed E-state index contributed by atoms with van der Waals surface area (Å²) in [5.74, 6) is -3.07. The van der Waals surface area contributed by atoms with Gasteiger partial charge in [0.05, 0.1) is 12.1 Å². The van der Waals surface area contributed by atoms with Crippen LogP contribution in [0.2, 0.25) is 0 Å². The normalized spacial score (nSPS) is 15.6. The number of carbonyl (C=O) groups is 4. The maximum Gasteiger partial charge on any atom is 0.326 e. The van der Waals surface area contributed by atoms with E-state index in [0.717, 1.165) is 5.56 Å². The van der Waals surface area contributed by atoms with Crippen LogP contribution in [0.3, 0.4) is 0 Å². The quantitative estimate of drug-likeness (QED) is 0.220. The number of carboxylic acid groups (broad SMARTS) is 1. The molecule has 0 heterocycles. The van der Waals surface area contributed by atoms with Gasteiger partial charge in [-0.1, -0.05) is 58.0 Å². The van der Waals surface area contributed by atoms with E-state index in [1.807, 2.05) is 33.8 Å². The summed E-state index contributed by atoms with van der Waals surface area (Å²) in [6, 6.07) is 4.52. The van der Waals surface area contributed by atoms with Gasteiger partial charge in [0.2, 0.25) is 17.7 Å². The summed E-state index contributed by atoms with van der Waals surface area (Å²) in [6.45, 7) is 8.80. The van der Waals surface area contributed by atoms with Crippen LogP contribution in [-0.2, 0) is 25.6 Å². The van der Waals surface area contributed by atoms with Gasteiger partial charge in [-0.05, 0) is 37.2 Å². The zero-order valence-corrected chi connectivity index (χ0v) is 21.2. The number of aliphatic hydroxyl groups excluding tert-OH is 1. The lowest BCUT2D eigenvalue weighted by Crippen LogP contribution is -2.60. The SMILES string of the molecule is CC(C)CC(N)C(=O)NC(Cc1ccccc1)C(=O)NC(C(=O)NC(CC(C)C)C(=O)O)C(C)O. The lowest BCUT2D eigenvalue weighted by molar-refractivity contribution is -0.143. The molecule has 0 saturated carbocycles. The summed E-state index contributed by atoms with van der Waals surface area (Å²) in [7, 11) is 0. The number of hydrogen-bond acceptors (Lipinski definition) is 6.